The molecule has 1 atom stereocenters. The Bertz CT molecular complexity index is 556. The van der Waals surface area contributed by atoms with E-state index in [9.17, 15) is 27.9 Å². The Kier molecular flexibility index (Phi) is 5.18. The Morgan fingerprint density at radius 1 is 1.23 bits per heavy atom. The van der Waals surface area contributed by atoms with E-state index in [0.717, 1.165) is 12.1 Å². The number of aliphatic hydroxyl groups is 1. The first-order valence-electron chi connectivity index (χ1n) is 6.36. The van der Waals surface area contributed by atoms with Crippen molar-refractivity contribution in [1.82, 2.24) is 0 Å². The second-order valence-corrected chi connectivity index (χ2v) is 4.55. The topological polar surface area (TPSA) is 66.8 Å². The number of alkyl halides is 3. The predicted molar refractivity (Wildman–Crippen MR) is 72.1 cm³/mol. The molecule has 0 unspecified atom stereocenters. The van der Waals surface area contributed by atoms with Crippen molar-refractivity contribution in [2.45, 2.75) is 25.6 Å². The van der Waals surface area contributed by atoms with Crippen molar-refractivity contribution >= 4 is 17.6 Å². The molecule has 22 heavy (non-hydrogen) atoms. The van der Waals surface area contributed by atoms with Crippen LogP contribution in [0.5, 0.6) is 0 Å². The lowest BCUT2D eigenvalue weighted by molar-refractivity contribution is -0.267. The summed E-state index contributed by atoms with van der Waals surface area (Å²) in [5, 5.41) is 9.88. The zero-order valence-electron chi connectivity index (χ0n) is 12.3. The summed E-state index contributed by atoms with van der Waals surface area (Å²) in [6.07, 6.45) is -5.24. The number of benzene rings is 1. The van der Waals surface area contributed by atoms with Crippen molar-refractivity contribution in [3.8, 4) is 0 Å². The van der Waals surface area contributed by atoms with Crippen LogP contribution in [-0.2, 0) is 19.9 Å². The normalized spacial score (nSPS) is 14.1. The quantitative estimate of drug-likeness (QED) is 0.862. The molecule has 1 amide bonds. The SMILES string of the molecule is CCOC(=O)[C@](O)(c1ccc(N(C)C(C)=O)cc1)C(F)(F)F. The van der Waals surface area contributed by atoms with Gasteiger partial charge in [-0.3, -0.25) is 4.79 Å². The van der Waals surface area contributed by atoms with Crippen LogP contribution in [0.1, 0.15) is 19.4 Å². The predicted octanol–water partition coefficient (Wildman–Crippen LogP) is 1.98. The molecule has 122 valence electrons. The van der Waals surface area contributed by atoms with Gasteiger partial charge < -0.3 is 14.7 Å². The van der Waals surface area contributed by atoms with Crippen molar-refractivity contribution in [2.24, 2.45) is 0 Å². The monoisotopic (exact) mass is 319 g/mol. The summed E-state index contributed by atoms with van der Waals surface area (Å²) in [5.74, 6) is -2.11. The summed E-state index contributed by atoms with van der Waals surface area (Å²) in [6.45, 7) is 2.32. The van der Waals surface area contributed by atoms with Gasteiger partial charge in [-0.1, -0.05) is 12.1 Å². The van der Waals surface area contributed by atoms with Crippen LogP contribution in [-0.4, -0.2) is 36.8 Å². The molecule has 0 saturated heterocycles. The molecular formula is C14H16F3NO4. The fourth-order valence-electron chi connectivity index (χ4n) is 1.74. The van der Waals surface area contributed by atoms with E-state index < -0.39 is 23.3 Å². The van der Waals surface area contributed by atoms with Gasteiger partial charge in [0.2, 0.25) is 5.91 Å². The Labute approximate surface area is 125 Å². The van der Waals surface area contributed by atoms with Crippen LogP contribution in [0.3, 0.4) is 0 Å². The van der Waals surface area contributed by atoms with E-state index in [1.807, 2.05) is 0 Å². The molecule has 0 aromatic heterocycles. The number of hydrogen-bond acceptors (Lipinski definition) is 4. The summed E-state index contributed by atoms with van der Waals surface area (Å²) in [6, 6.07) is 4.26. The molecule has 1 aromatic carbocycles. The van der Waals surface area contributed by atoms with Crippen LogP contribution in [0.15, 0.2) is 24.3 Å². The summed E-state index contributed by atoms with van der Waals surface area (Å²) in [7, 11) is 1.44. The van der Waals surface area contributed by atoms with Gasteiger partial charge in [-0.15, -0.1) is 0 Å². The molecule has 1 aromatic rings. The fourth-order valence-corrected chi connectivity index (χ4v) is 1.74. The fraction of sp³-hybridized carbons (Fsp3) is 0.429. The average Bonchev–Trinajstić information content (AvgIpc) is 2.44. The molecule has 0 bridgehead atoms. The third kappa shape index (κ3) is 3.22. The highest BCUT2D eigenvalue weighted by Crippen LogP contribution is 2.40. The van der Waals surface area contributed by atoms with Gasteiger partial charge in [0.05, 0.1) is 6.61 Å². The smallest absolute Gasteiger partial charge is 0.432 e. The molecule has 1 N–H and O–H groups in total. The highest BCUT2D eigenvalue weighted by molar-refractivity contribution is 5.91. The molecule has 0 aliphatic rings. The molecule has 5 nitrogen and oxygen atoms in total. The molecule has 8 heteroatoms. The first-order chi connectivity index (χ1) is 10.1. The highest BCUT2D eigenvalue weighted by atomic mass is 19.4. The Balaban J connectivity index is 3.28. The van der Waals surface area contributed by atoms with Gasteiger partial charge in [0.1, 0.15) is 0 Å². The molecule has 0 fully saturated rings. The van der Waals surface area contributed by atoms with Crippen molar-refractivity contribution in [1.29, 1.82) is 0 Å². The number of amides is 1. The third-order valence-corrected chi connectivity index (χ3v) is 3.13. The third-order valence-electron chi connectivity index (χ3n) is 3.13. The minimum Gasteiger partial charge on any atom is -0.463 e. The van der Waals surface area contributed by atoms with Gasteiger partial charge in [-0.2, -0.15) is 13.2 Å². The van der Waals surface area contributed by atoms with E-state index in [1.165, 1.54) is 37.9 Å². The van der Waals surface area contributed by atoms with Crippen molar-refractivity contribution in [2.75, 3.05) is 18.6 Å². The van der Waals surface area contributed by atoms with Gasteiger partial charge in [0.25, 0.3) is 5.60 Å². The average molecular weight is 319 g/mol. The number of rotatable bonds is 4. The summed E-state index contributed by atoms with van der Waals surface area (Å²) in [4.78, 5) is 24.0. The summed E-state index contributed by atoms with van der Waals surface area (Å²) >= 11 is 0. The van der Waals surface area contributed by atoms with E-state index in [1.54, 1.807) is 0 Å². The van der Waals surface area contributed by atoms with Gasteiger partial charge in [0.15, 0.2) is 0 Å². The molecule has 0 spiro atoms. The van der Waals surface area contributed by atoms with E-state index in [0.29, 0.717) is 5.69 Å². The standard InChI is InChI=1S/C14H16F3NO4/c1-4-22-12(20)13(21,14(15,16)17)10-5-7-11(8-6-10)18(3)9(2)19/h5-8,21H,4H2,1-3H3/t13-/m1/s1. The molecule has 0 aliphatic heterocycles. The zero-order chi connectivity index (χ0) is 17.1. The number of carbonyl (C=O) groups is 2. The maximum absolute atomic E-state index is 13.1. The maximum atomic E-state index is 13.1. The van der Waals surface area contributed by atoms with Crippen LogP contribution in [0.25, 0.3) is 0 Å². The minimum atomic E-state index is -5.24. The zero-order valence-corrected chi connectivity index (χ0v) is 12.3. The number of halogens is 3. The lowest BCUT2D eigenvalue weighted by Gasteiger charge is -2.28. The number of nitrogens with zero attached hydrogens (tertiary/aromatic N) is 1. The molecule has 1 rings (SSSR count). The first kappa shape index (κ1) is 18.0. The van der Waals surface area contributed by atoms with Crippen LogP contribution in [0.4, 0.5) is 18.9 Å². The van der Waals surface area contributed by atoms with E-state index in [2.05, 4.69) is 4.74 Å². The first-order valence-corrected chi connectivity index (χ1v) is 6.36. The highest BCUT2D eigenvalue weighted by Gasteiger charge is 2.62. The molecule has 0 heterocycles. The number of ether oxygens (including phenoxy) is 1. The molecular weight excluding hydrogens is 303 g/mol. The van der Waals surface area contributed by atoms with Crippen LogP contribution in [0, 0.1) is 0 Å². The lowest BCUT2D eigenvalue weighted by Crippen LogP contribution is -2.50. The number of anilines is 1. The number of carbonyl (C=O) groups excluding carboxylic acids is 2. The van der Waals surface area contributed by atoms with Crippen molar-refractivity contribution in [3.05, 3.63) is 29.8 Å². The van der Waals surface area contributed by atoms with E-state index in [4.69, 9.17) is 0 Å². The number of esters is 1. The maximum Gasteiger partial charge on any atom is 0.432 e. The lowest BCUT2D eigenvalue weighted by atomic mass is 9.93. The molecule has 0 radical (unpaired) electrons. The largest absolute Gasteiger partial charge is 0.463 e. The molecule has 0 saturated carbocycles. The van der Waals surface area contributed by atoms with Crippen molar-refractivity contribution in [3.63, 3.8) is 0 Å². The van der Waals surface area contributed by atoms with Crippen LogP contribution in [0.2, 0.25) is 0 Å². The van der Waals surface area contributed by atoms with Crippen LogP contribution >= 0.6 is 0 Å². The molecule has 0 aliphatic carbocycles. The summed E-state index contributed by atoms with van der Waals surface area (Å²) < 4.78 is 43.7. The Morgan fingerprint density at radius 2 is 1.73 bits per heavy atom. The second-order valence-electron chi connectivity index (χ2n) is 4.55. The van der Waals surface area contributed by atoms with E-state index in [-0.39, 0.29) is 12.5 Å². The van der Waals surface area contributed by atoms with E-state index >= 15 is 0 Å². The summed E-state index contributed by atoms with van der Waals surface area (Å²) in [5.41, 5.74) is -4.11. The Hall–Kier alpha value is -2.09. The second kappa shape index (κ2) is 6.35. The number of hydrogen-bond donors (Lipinski definition) is 1. The van der Waals surface area contributed by atoms with Gasteiger partial charge >= 0.3 is 12.1 Å². The van der Waals surface area contributed by atoms with Crippen LogP contribution < -0.4 is 4.90 Å². The van der Waals surface area contributed by atoms with Gasteiger partial charge in [-0.05, 0) is 19.1 Å². The minimum absolute atomic E-state index is 0.303. The van der Waals surface area contributed by atoms with Gasteiger partial charge in [-0.25, -0.2) is 4.79 Å². The Morgan fingerprint density at radius 3 is 2.09 bits per heavy atom. The van der Waals surface area contributed by atoms with Crippen molar-refractivity contribution < 1.29 is 32.6 Å². The van der Waals surface area contributed by atoms with Gasteiger partial charge in [0, 0.05) is 25.2 Å².